The first-order valence-electron chi connectivity index (χ1n) is 8.15. The summed E-state index contributed by atoms with van der Waals surface area (Å²) in [4.78, 5) is 0. The van der Waals surface area contributed by atoms with Crippen molar-refractivity contribution in [3.63, 3.8) is 0 Å². The molecule has 0 aromatic heterocycles. The second kappa shape index (κ2) is 6.37. The average Bonchev–Trinajstić information content (AvgIpc) is 2.57. The van der Waals surface area contributed by atoms with Gasteiger partial charge in [-0.05, 0) is 37.5 Å². The zero-order valence-corrected chi connectivity index (χ0v) is 14.5. The molecule has 1 aliphatic heterocycles. The topological polar surface area (TPSA) is 9.23 Å². The molecule has 1 heterocycles. The Morgan fingerprint density at radius 2 is 1.42 bits per heavy atom. The summed E-state index contributed by atoms with van der Waals surface area (Å²) in [5, 5.41) is 0. The van der Waals surface area contributed by atoms with Crippen molar-refractivity contribution in [2.45, 2.75) is 20.8 Å². The molecule has 0 atom stereocenters. The predicted molar refractivity (Wildman–Crippen MR) is 105 cm³/mol. The highest BCUT2D eigenvalue weighted by molar-refractivity contribution is 5.91. The van der Waals surface area contributed by atoms with E-state index in [2.05, 4.69) is 57.3 Å². The second-order valence-electron chi connectivity index (χ2n) is 6.02. The lowest BCUT2D eigenvalue weighted by Gasteiger charge is -2.26. The summed E-state index contributed by atoms with van der Waals surface area (Å²) < 4.78 is 6.42. The van der Waals surface area contributed by atoms with Crippen molar-refractivity contribution in [2.24, 2.45) is 0 Å². The molecule has 2 aromatic rings. The molecular weight excluding hydrogens is 292 g/mol. The Balaban J connectivity index is 2.27. The van der Waals surface area contributed by atoms with Gasteiger partial charge < -0.3 is 4.74 Å². The van der Waals surface area contributed by atoms with Crippen LogP contribution >= 0.6 is 0 Å². The molecule has 0 spiro atoms. The van der Waals surface area contributed by atoms with E-state index >= 15 is 0 Å². The smallest absolute Gasteiger partial charge is 0.142 e. The molecule has 24 heavy (non-hydrogen) atoms. The molecule has 0 N–H and O–H groups in total. The van der Waals surface area contributed by atoms with Gasteiger partial charge in [-0.3, -0.25) is 0 Å². The Kier molecular flexibility index (Phi) is 4.26. The van der Waals surface area contributed by atoms with Gasteiger partial charge in [-0.1, -0.05) is 67.8 Å². The molecule has 2 aromatic carbocycles. The van der Waals surface area contributed by atoms with Crippen LogP contribution in [0.25, 0.3) is 17.7 Å². The number of hydrogen-bond acceptors (Lipinski definition) is 1. The van der Waals surface area contributed by atoms with Crippen LogP contribution in [0.5, 0.6) is 11.5 Å². The Labute approximate surface area is 144 Å². The lowest BCUT2D eigenvalue weighted by Crippen LogP contribution is -2.06. The summed E-state index contributed by atoms with van der Waals surface area (Å²) in [6.45, 7) is 14.3. The van der Waals surface area contributed by atoms with Crippen LogP contribution in [0.4, 0.5) is 0 Å². The summed E-state index contributed by atoms with van der Waals surface area (Å²) in [5.74, 6) is 1.77. The monoisotopic (exact) mass is 314 g/mol. The van der Waals surface area contributed by atoms with Crippen molar-refractivity contribution < 1.29 is 4.74 Å². The van der Waals surface area contributed by atoms with E-state index in [0.717, 1.165) is 39.3 Å². The predicted octanol–water partition coefficient (Wildman–Crippen LogP) is 6.70. The minimum atomic E-state index is 0.877. The highest BCUT2D eigenvalue weighted by Gasteiger charge is 2.25. The third-order valence-corrected chi connectivity index (χ3v) is 4.41. The van der Waals surface area contributed by atoms with Crippen molar-refractivity contribution in [3.8, 4) is 11.5 Å². The Bertz CT molecular complexity index is 895. The van der Waals surface area contributed by atoms with E-state index in [4.69, 9.17) is 4.74 Å². The van der Waals surface area contributed by atoms with Crippen LogP contribution in [-0.4, -0.2) is 0 Å². The molecule has 3 rings (SSSR count). The van der Waals surface area contributed by atoms with E-state index in [0.29, 0.717) is 0 Å². The zero-order valence-electron chi connectivity index (χ0n) is 14.5. The molecule has 0 aliphatic carbocycles. The van der Waals surface area contributed by atoms with E-state index in [9.17, 15) is 0 Å². The maximum absolute atomic E-state index is 6.42. The molecule has 0 fully saturated rings. The molecule has 1 heteroatoms. The number of ether oxygens (including phenoxy) is 1. The first kappa shape index (κ1) is 16.1. The first-order valence-corrected chi connectivity index (χ1v) is 8.15. The molecule has 0 unspecified atom stereocenters. The van der Waals surface area contributed by atoms with Crippen LogP contribution in [0.3, 0.4) is 0 Å². The fourth-order valence-corrected chi connectivity index (χ4v) is 3.08. The molecule has 0 radical (unpaired) electrons. The summed E-state index contributed by atoms with van der Waals surface area (Å²) in [6.07, 6.45) is 9.90. The van der Waals surface area contributed by atoms with E-state index < -0.39 is 0 Å². The van der Waals surface area contributed by atoms with Crippen LogP contribution in [0.1, 0.15) is 40.3 Å². The van der Waals surface area contributed by atoms with Gasteiger partial charge in [-0.2, -0.15) is 0 Å². The van der Waals surface area contributed by atoms with Gasteiger partial charge in [0.1, 0.15) is 11.5 Å². The van der Waals surface area contributed by atoms with Crippen LogP contribution in [0, 0.1) is 13.8 Å². The number of benzene rings is 2. The number of hydrogen-bond donors (Lipinski definition) is 0. The van der Waals surface area contributed by atoms with Crippen LogP contribution in [0.15, 0.2) is 55.7 Å². The van der Waals surface area contributed by atoms with Crippen LogP contribution in [-0.2, 0) is 0 Å². The SMILES string of the molecule is C=C/C=C\c1c(C)ccc2c1Oc1c(ccc(C)c1/C=C\C)C2=C. The van der Waals surface area contributed by atoms with Gasteiger partial charge in [-0.15, -0.1) is 0 Å². The summed E-state index contributed by atoms with van der Waals surface area (Å²) in [5.41, 5.74) is 7.66. The number of allylic oxidation sites excluding steroid dienone is 3. The summed E-state index contributed by atoms with van der Waals surface area (Å²) in [7, 11) is 0. The molecule has 0 saturated heterocycles. The fraction of sp³-hybridized carbons (Fsp3) is 0.130. The second-order valence-corrected chi connectivity index (χ2v) is 6.02. The summed E-state index contributed by atoms with van der Waals surface area (Å²) in [6, 6.07) is 8.43. The number of aryl methyl sites for hydroxylation is 2. The standard InChI is InChI=1S/C23H22O/c1-6-8-10-19-16(4)12-14-21-17(5)20-13-11-15(3)18(9-7-2)22(20)24-23(19)21/h6-14H,1,5H2,2-4H3/b9-7-,10-8-. The lowest BCUT2D eigenvalue weighted by atomic mass is 9.89. The van der Waals surface area contributed by atoms with E-state index in [1.807, 2.05) is 25.2 Å². The van der Waals surface area contributed by atoms with Gasteiger partial charge in [0.05, 0.1) is 0 Å². The molecular formula is C23H22O. The van der Waals surface area contributed by atoms with Crippen LogP contribution < -0.4 is 4.74 Å². The normalized spacial score (nSPS) is 13.0. The highest BCUT2D eigenvalue weighted by Crippen LogP contribution is 2.48. The summed E-state index contributed by atoms with van der Waals surface area (Å²) >= 11 is 0. The third-order valence-electron chi connectivity index (χ3n) is 4.41. The zero-order chi connectivity index (χ0) is 17.3. The Morgan fingerprint density at radius 3 is 1.92 bits per heavy atom. The van der Waals surface area contributed by atoms with Gasteiger partial charge in [0.2, 0.25) is 0 Å². The van der Waals surface area contributed by atoms with Gasteiger partial charge in [0.25, 0.3) is 0 Å². The van der Waals surface area contributed by atoms with Crippen molar-refractivity contribution in [3.05, 3.63) is 89.0 Å². The van der Waals surface area contributed by atoms with E-state index in [1.54, 1.807) is 6.08 Å². The van der Waals surface area contributed by atoms with E-state index in [1.165, 1.54) is 11.1 Å². The highest BCUT2D eigenvalue weighted by atomic mass is 16.5. The average molecular weight is 314 g/mol. The maximum Gasteiger partial charge on any atom is 0.142 e. The fourth-order valence-electron chi connectivity index (χ4n) is 3.08. The molecule has 1 aliphatic rings. The van der Waals surface area contributed by atoms with Crippen LogP contribution in [0.2, 0.25) is 0 Å². The molecule has 1 nitrogen and oxygen atoms in total. The van der Waals surface area contributed by atoms with Crippen molar-refractivity contribution in [2.75, 3.05) is 0 Å². The number of fused-ring (bicyclic) bond motifs is 2. The Morgan fingerprint density at radius 1 is 0.875 bits per heavy atom. The number of rotatable bonds is 3. The van der Waals surface area contributed by atoms with Crippen molar-refractivity contribution in [1.29, 1.82) is 0 Å². The van der Waals surface area contributed by atoms with Gasteiger partial charge in [0, 0.05) is 22.3 Å². The minimum Gasteiger partial charge on any atom is -0.455 e. The van der Waals surface area contributed by atoms with Gasteiger partial charge in [0.15, 0.2) is 0 Å². The molecule has 0 amide bonds. The minimum absolute atomic E-state index is 0.877. The maximum atomic E-state index is 6.42. The van der Waals surface area contributed by atoms with Crippen molar-refractivity contribution >= 4 is 17.7 Å². The van der Waals surface area contributed by atoms with E-state index in [-0.39, 0.29) is 0 Å². The van der Waals surface area contributed by atoms with Crippen molar-refractivity contribution in [1.82, 2.24) is 0 Å². The van der Waals surface area contributed by atoms with Gasteiger partial charge >= 0.3 is 0 Å². The molecule has 120 valence electrons. The molecule has 0 saturated carbocycles. The molecule has 0 bridgehead atoms. The lowest BCUT2D eigenvalue weighted by molar-refractivity contribution is 0.471. The Hall–Kier alpha value is -2.80. The van der Waals surface area contributed by atoms with Gasteiger partial charge in [-0.25, -0.2) is 0 Å². The quantitative estimate of drug-likeness (QED) is 0.488. The third kappa shape index (κ3) is 2.52. The largest absolute Gasteiger partial charge is 0.455 e. The first-order chi connectivity index (χ1) is 11.6.